The summed E-state index contributed by atoms with van der Waals surface area (Å²) in [7, 11) is 0. The topological polar surface area (TPSA) is 72.7 Å². The summed E-state index contributed by atoms with van der Waals surface area (Å²) in [4.78, 5) is 13.0. The molecule has 0 unspecified atom stereocenters. The predicted molar refractivity (Wildman–Crippen MR) is 87.0 cm³/mol. The second-order valence-corrected chi connectivity index (χ2v) is 7.05. The Bertz CT molecular complexity index is 615. The van der Waals surface area contributed by atoms with Gasteiger partial charge in [0.2, 0.25) is 11.1 Å². The van der Waals surface area contributed by atoms with E-state index >= 15 is 0 Å². The average molecular weight is 335 g/mol. The number of aromatic nitrogens is 4. The Balaban J connectivity index is 1.33. The fourth-order valence-electron chi connectivity index (χ4n) is 1.89. The van der Waals surface area contributed by atoms with E-state index in [0.29, 0.717) is 18.3 Å². The van der Waals surface area contributed by atoms with Gasteiger partial charge in [0.25, 0.3) is 0 Å². The van der Waals surface area contributed by atoms with Gasteiger partial charge in [-0.2, -0.15) is 0 Å². The van der Waals surface area contributed by atoms with Gasteiger partial charge in [-0.3, -0.25) is 4.79 Å². The first-order valence-corrected chi connectivity index (χ1v) is 9.15. The predicted octanol–water partition coefficient (Wildman–Crippen LogP) is 2.01. The van der Waals surface area contributed by atoms with E-state index in [0.717, 1.165) is 23.8 Å². The lowest BCUT2D eigenvalue weighted by atomic mass is 10.4. The molecule has 1 amide bonds. The van der Waals surface area contributed by atoms with Gasteiger partial charge in [0.05, 0.1) is 11.8 Å². The Hall–Kier alpha value is -1.54. The maximum absolute atomic E-state index is 11.8. The number of benzene rings is 1. The molecule has 3 rings (SSSR count). The Labute approximate surface area is 137 Å². The van der Waals surface area contributed by atoms with Crippen LogP contribution in [0.1, 0.15) is 18.9 Å². The fraction of sp³-hybridized carbons (Fsp3) is 0.429. The lowest BCUT2D eigenvalue weighted by molar-refractivity contribution is -0.118. The van der Waals surface area contributed by atoms with Gasteiger partial charge in [0, 0.05) is 17.2 Å². The van der Waals surface area contributed by atoms with Gasteiger partial charge in [-0.1, -0.05) is 30.0 Å². The number of tetrazole rings is 1. The summed E-state index contributed by atoms with van der Waals surface area (Å²) < 4.78 is 1.82. The fourth-order valence-corrected chi connectivity index (χ4v) is 3.45. The summed E-state index contributed by atoms with van der Waals surface area (Å²) in [5.41, 5.74) is 0. The highest BCUT2D eigenvalue weighted by atomic mass is 32.2. The zero-order valence-corrected chi connectivity index (χ0v) is 13.6. The molecule has 8 heteroatoms. The highest BCUT2D eigenvalue weighted by Gasteiger charge is 2.28. The molecule has 1 saturated carbocycles. The van der Waals surface area contributed by atoms with E-state index < -0.39 is 0 Å². The van der Waals surface area contributed by atoms with Crippen molar-refractivity contribution in [2.24, 2.45) is 0 Å². The third-order valence-corrected chi connectivity index (χ3v) is 5.07. The van der Waals surface area contributed by atoms with E-state index in [1.165, 1.54) is 16.7 Å². The molecule has 0 atom stereocenters. The van der Waals surface area contributed by atoms with Crippen molar-refractivity contribution in [1.82, 2.24) is 25.5 Å². The first-order chi connectivity index (χ1) is 10.8. The van der Waals surface area contributed by atoms with Crippen LogP contribution in [0.15, 0.2) is 40.4 Å². The second-order valence-electron chi connectivity index (χ2n) is 4.94. The molecule has 116 valence electrons. The Kier molecular flexibility index (Phi) is 5.33. The van der Waals surface area contributed by atoms with E-state index in [2.05, 4.69) is 33.0 Å². The number of rotatable bonds is 8. The molecule has 1 aliphatic carbocycles. The Morgan fingerprint density at radius 2 is 2.09 bits per heavy atom. The molecule has 0 spiro atoms. The van der Waals surface area contributed by atoms with Gasteiger partial charge in [-0.25, -0.2) is 4.68 Å². The number of carbonyl (C=O) groups is 1. The highest BCUT2D eigenvalue weighted by molar-refractivity contribution is 7.99. The van der Waals surface area contributed by atoms with Crippen LogP contribution < -0.4 is 5.32 Å². The lowest BCUT2D eigenvalue weighted by Crippen LogP contribution is -2.27. The zero-order chi connectivity index (χ0) is 15.2. The van der Waals surface area contributed by atoms with Crippen LogP contribution in [0.3, 0.4) is 0 Å². The van der Waals surface area contributed by atoms with Gasteiger partial charge < -0.3 is 5.32 Å². The summed E-state index contributed by atoms with van der Waals surface area (Å²) in [6.45, 7) is 0.659. The molecule has 1 N–H and O–H groups in total. The average Bonchev–Trinajstić information content (AvgIpc) is 3.29. The summed E-state index contributed by atoms with van der Waals surface area (Å²) >= 11 is 3.13. The molecule has 2 aromatic rings. The molecule has 0 radical (unpaired) electrons. The molecule has 1 aromatic carbocycles. The van der Waals surface area contributed by atoms with Crippen LogP contribution in [-0.4, -0.2) is 44.2 Å². The van der Waals surface area contributed by atoms with Crippen molar-refractivity contribution in [3.63, 3.8) is 0 Å². The van der Waals surface area contributed by atoms with Crippen molar-refractivity contribution in [3.05, 3.63) is 30.3 Å². The SMILES string of the molecule is O=C(CSc1nnnn1C1CC1)NCCSc1ccccc1. The molecule has 1 aliphatic rings. The zero-order valence-electron chi connectivity index (χ0n) is 12.0. The largest absolute Gasteiger partial charge is 0.355 e. The summed E-state index contributed by atoms with van der Waals surface area (Å²) in [5.74, 6) is 1.23. The molecular weight excluding hydrogens is 318 g/mol. The van der Waals surface area contributed by atoms with Gasteiger partial charge in [-0.05, 0) is 35.4 Å². The van der Waals surface area contributed by atoms with Gasteiger partial charge in [0.1, 0.15) is 0 Å². The normalized spacial score (nSPS) is 14.0. The maximum atomic E-state index is 11.8. The smallest absolute Gasteiger partial charge is 0.230 e. The van der Waals surface area contributed by atoms with Crippen LogP contribution in [-0.2, 0) is 4.79 Å². The molecule has 1 heterocycles. The van der Waals surface area contributed by atoms with Crippen molar-refractivity contribution in [3.8, 4) is 0 Å². The molecule has 1 aromatic heterocycles. The monoisotopic (exact) mass is 335 g/mol. The van der Waals surface area contributed by atoms with Crippen LogP contribution in [0.5, 0.6) is 0 Å². The van der Waals surface area contributed by atoms with Gasteiger partial charge in [0.15, 0.2) is 0 Å². The van der Waals surface area contributed by atoms with Crippen LogP contribution in [0.25, 0.3) is 0 Å². The number of hydrogen-bond acceptors (Lipinski definition) is 6. The van der Waals surface area contributed by atoms with Crippen molar-refractivity contribution >= 4 is 29.4 Å². The molecule has 0 bridgehead atoms. The van der Waals surface area contributed by atoms with Gasteiger partial charge >= 0.3 is 0 Å². The Morgan fingerprint density at radius 1 is 1.27 bits per heavy atom. The summed E-state index contributed by atoms with van der Waals surface area (Å²) in [6.07, 6.45) is 2.25. The maximum Gasteiger partial charge on any atom is 0.230 e. The van der Waals surface area contributed by atoms with E-state index in [-0.39, 0.29) is 5.91 Å². The second kappa shape index (κ2) is 7.64. The summed E-state index contributed by atoms with van der Waals surface area (Å²) in [5, 5.41) is 15.3. The number of amides is 1. The van der Waals surface area contributed by atoms with Crippen molar-refractivity contribution in [2.45, 2.75) is 28.9 Å². The third kappa shape index (κ3) is 4.48. The van der Waals surface area contributed by atoms with Crippen LogP contribution in [0.2, 0.25) is 0 Å². The molecular formula is C14H17N5OS2. The van der Waals surface area contributed by atoms with E-state index in [9.17, 15) is 4.79 Å². The van der Waals surface area contributed by atoms with E-state index in [1.807, 2.05) is 22.9 Å². The standard InChI is InChI=1S/C14H17N5OS2/c20-13(15-8-9-21-12-4-2-1-3-5-12)10-22-14-16-17-18-19(14)11-6-7-11/h1-5,11H,6-10H2,(H,15,20). The third-order valence-electron chi connectivity index (χ3n) is 3.12. The van der Waals surface area contributed by atoms with E-state index in [4.69, 9.17) is 0 Å². The molecule has 0 aliphatic heterocycles. The van der Waals surface area contributed by atoms with Crippen molar-refractivity contribution < 1.29 is 4.79 Å². The number of carbonyl (C=O) groups excluding carboxylic acids is 1. The molecule has 1 fully saturated rings. The quantitative estimate of drug-likeness (QED) is 0.588. The van der Waals surface area contributed by atoms with Crippen LogP contribution in [0, 0.1) is 0 Å². The number of hydrogen-bond donors (Lipinski definition) is 1. The first-order valence-electron chi connectivity index (χ1n) is 7.18. The van der Waals surface area contributed by atoms with Crippen molar-refractivity contribution in [1.29, 1.82) is 0 Å². The number of nitrogens with one attached hydrogen (secondary N) is 1. The van der Waals surface area contributed by atoms with Crippen LogP contribution in [0.4, 0.5) is 0 Å². The first kappa shape index (κ1) is 15.4. The number of nitrogens with zero attached hydrogens (tertiary/aromatic N) is 4. The Morgan fingerprint density at radius 3 is 2.86 bits per heavy atom. The molecule has 0 saturated heterocycles. The minimum Gasteiger partial charge on any atom is -0.355 e. The van der Waals surface area contributed by atoms with E-state index in [1.54, 1.807) is 11.8 Å². The number of thioether (sulfide) groups is 2. The van der Waals surface area contributed by atoms with Crippen molar-refractivity contribution in [2.75, 3.05) is 18.1 Å². The molecule has 6 nitrogen and oxygen atoms in total. The summed E-state index contributed by atoms with van der Waals surface area (Å²) in [6, 6.07) is 10.6. The van der Waals surface area contributed by atoms with Crippen LogP contribution >= 0.6 is 23.5 Å². The molecule has 22 heavy (non-hydrogen) atoms. The minimum absolute atomic E-state index is 0.0176. The lowest BCUT2D eigenvalue weighted by Gasteiger charge is -2.05. The van der Waals surface area contributed by atoms with Gasteiger partial charge in [-0.15, -0.1) is 16.9 Å². The minimum atomic E-state index is 0.0176. The highest BCUT2D eigenvalue weighted by Crippen LogP contribution is 2.36.